The van der Waals surface area contributed by atoms with Gasteiger partial charge in [0.2, 0.25) is 5.95 Å². The van der Waals surface area contributed by atoms with Crippen LogP contribution in [-0.4, -0.2) is 41.9 Å². The molecule has 0 unspecified atom stereocenters. The molecule has 0 spiro atoms. The molecule has 0 amide bonds. The summed E-state index contributed by atoms with van der Waals surface area (Å²) in [4.78, 5) is 10.8. The fourth-order valence-electron chi connectivity index (χ4n) is 2.96. The van der Waals surface area contributed by atoms with Gasteiger partial charge < -0.3 is 15.4 Å². The van der Waals surface area contributed by atoms with Gasteiger partial charge in [-0.25, -0.2) is 4.98 Å². The molecule has 1 aromatic heterocycles. The first-order valence-electron chi connectivity index (χ1n) is 8.14. The molecule has 5 nitrogen and oxygen atoms in total. The minimum absolute atomic E-state index is 0.371. The number of aryl methyl sites for hydroxylation is 2. The number of hydrogen-bond acceptors (Lipinski definition) is 5. The summed E-state index contributed by atoms with van der Waals surface area (Å²) in [5.74, 6) is 1.44. The lowest BCUT2D eigenvalue weighted by molar-refractivity contribution is 0.346. The van der Waals surface area contributed by atoms with Crippen molar-refractivity contribution in [2.45, 2.75) is 32.7 Å². The van der Waals surface area contributed by atoms with Gasteiger partial charge in [0.15, 0.2) is 7.98 Å². The molecule has 24 heavy (non-hydrogen) atoms. The molecule has 7 heteroatoms. The van der Waals surface area contributed by atoms with Crippen LogP contribution in [0.3, 0.4) is 0 Å². The molecule has 124 valence electrons. The van der Waals surface area contributed by atoms with Crippen LogP contribution in [0.25, 0.3) is 0 Å². The number of benzene rings is 1. The maximum atomic E-state index is 5.80. The fourth-order valence-corrected chi connectivity index (χ4v) is 3.65. The Hall–Kier alpha value is -1.60. The van der Waals surface area contributed by atoms with Gasteiger partial charge in [0, 0.05) is 22.4 Å². The quantitative estimate of drug-likeness (QED) is 0.788. The maximum absolute atomic E-state index is 5.80. The Labute approximate surface area is 152 Å². The molecule has 2 radical (unpaired) electrons. The third-order valence-corrected chi connectivity index (χ3v) is 4.73. The zero-order chi connectivity index (χ0) is 17.1. The lowest BCUT2D eigenvalue weighted by Crippen LogP contribution is -2.37. The van der Waals surface area contributed by atoms with E-state index in [2.05, 4.69) is 62.5 Å². The molecule has 2 heterocycles. The molecular weight excluding hydrogens is 365 g/mol. The maximum Gasteiger partial charge on any atom is 0.224 e. The monoisotopic (exact) mass is 385 g/mol. The topological polar surface area (TPSA) is 53.1 Å². The van der Waals surface area contributed by atoms with Crippen molar-refractivity contribution in [3.8, 4) is 0 Å². The van der Waals surface area contributed by atoms with E-state index < -0.39 is 0 Å². The van der Waals surface area contributed by atoms with Gasteiger partial charge in [-0.15, -0.1) is 0 Å². The van der Waals surface area contributed by atoms with Crippen molar-refractivity contribution in [3.63, 3.8) is 0 Å². The van der Waals surface area contributed by atoms with Crippen molar-refractivity contribution < 1.29 is 0 Å². The highest BCUT2D eigenvalue weighted by Gasteiger charge is 2.17. The lowest BCUT2D eigenvalue weighted by Gasteiger charge is -2.30. The highest BCUT2D eigenvalue weighted by molar-refractivity contribution is 9.10. The first-order valence-corrected chi connectivity index (χ1v) is 8.93. The molecule has 3 rings (SSSR count). The van der Waals surface area contributed by atoms with Crippen molar-refractivity contribution in [2.75, 3.05) is 23.7 Å². The van der Waals surface area contributed by atoms with Gasteiger partial charge in [0.25, 0.3) is 0 Å². The molecule has 2 N–H and O–H groups in total. The van der Waals surface area contributed by atoms with Crippen LogP contribution in [0.2, 0.25) is 0 Å². The number of nitrogens with one attached hydrogen (secondary N) is 2. The van der Waals surface area contributed by atoms with E-state index in [-0.39, 0.29) is 0 Å². The SMILES string of the molecule is [B]N1CCC(Nc2nccc(Nc3c(C)cc(Br)cc3C)n2)CC1. The van der Waals surface area contributed by atoms with Crippen molar-refractivity contribution in [2.24, 2.45) is 0 Å². The van der Waals surface area contributed by atoms with Gasteiger partial charge in [-0.05, 0) is 69.1 Å². The van der Waals surface area contributed by atoms with E-state index in [9.17, 15) is 0 Å². The second kappa shape index (κ2) is 7.53. The predicted octanol–water partition coefficient (Wildman–Crippen LogP) is 3.56. The Balaban J connectivity index is 1.72. The van der Waals surface area contributed by atoms with Crippen molar-refractivity contribution in [1.82, 2.24) is 14.8 Å². The van der Waals surface area contributed by atoms with Crippen LogP contribution >= 0.6 is 15.9 Å². The van der Waals surface area contributed by atoms with E-state index in [4.69, 9.17) is 7.98 Å². The first-order chi connectivity index (χ1) is 11.5. The fraction of sp³-hybridized carbons (Fsp3) is 0.412. The zero-order valence-electron chi connectivity index (χ0n) is 14.0. The largest absolute Gasteiger partial charge is 0.353 e. The Morgan fingerprint density at radius 1 is 1.21 bits per heavy atom. The molecule has 1 aliphatic heterocycles. The Kier molecular flexibility index (Phi) is 5.41. The van der Waals surface area contributed by atoms with E-state index in [1.807, 2.05) is 10.9 Å². The molecule has 1 aromatic carbocycles. The summed E-state index contributed by atoms with van der Waals surface area (Å²) in [6.07, 6.45) is 3.78. The van der Waals surface area contributed by atoms with Crippen LogP contribution < -0.4 is 10.6 Å². The third kappa shape index (κ3) is 4.27. The van der Waals surface area contributed by atoms with Crippen LogP contribution in [-0.2, 0) is 0 Å². The van der Waals surface area contributed by atoms with Gasteiger partial charge >= 0.3 is 0 Å². The van der Waals surface area contributed by atoms with Crippen molar-refractivity contribution in [1.29, 1.82) is 0 Å². The van der Waals surface area contributed by atoms with Gasteiger partial charge in [-0.3, -0.25) is 0 Å². The third-order valence-electron chi connectivity index (χ3n) is 4.27. The molecule has 0 saturated carbocycles. The second-order valence-corrected chi connectivity index (χ2v) is 7.18. The molecule has 0 atom stereocenters. The van der Waals surface area contributed by atoms with Gasteiger partial charge in [0.05, 0.1) is 0 Å². The second-order valence-electron chi connectivity index (χ2n) is 6.26. The average Bonchev–Trinajstić information content (AvgIpc) is 2.53. The van der Waals surface area contributed by atoms with Crippen LogP contribution in [0.15, 0.2) is 28.9 Å². The normalized spacial score (nSPS) is 16.1. The molecular formula is C17H21BBrN5. The van der Waals surface area contributed by atoms with E-state index in [0.29, 0.717) is 12.0 Å². The van der Waals surface area contributed by atoms with Gasteiger partial charge in [0.1, 0.15) is 5.82 Å². The number of aromatic nitrogens is 2. The van der Waals surface area contributed by atoms with Crippen LogP contribution in [0.5, 0.6) is 0 Å². The van der Waals surface area contributed by atoms with Crippen LogP contribution in [0.4, 0.5) is 17.5 Å². The highest BCUT2D eigenvalue weighted by Crippen LogP contribution is 2.27. The zero-order valence-corrected chi connectivity index (χ0v) is 15.6. The standard InChI is InChI=1S/C17H21BBrN5/c1-11-9-13(19)10-12(2)16(11)22-15-3-6-20-17(23-15)21-14-4-7-24(18)8-5-14/h3,6,9-10,14H,4-5,7-8H2,1-2H3,(H2,20,21,22,23). The molecule has 0 bridgehead atoms. The first kappa shape index (κ1) is 17.2. The minimum Gasteiger partial charge on any atom is -0.353 e. The molecule has 1 fully saturated rings. The molecule has 1 saturated heterocycles. The Morgan fingerprint density at radius 2 is 1.88 bits per heavy atom. The molecule has 0 aliphatic carbocycles. The summed E-state index contributed by atoms with van der Waals surface area (Å²) < 4.78 is 1.08. The number of nitrogens with zero attached hydrogens (tertiary/aromatic N) is 3. The van der Waals surface area contributed by atoms with E-state index in [1.165, 1.54) is 11.1 Å². The summed E-state index contributed by atoms with van der Waals surface area (Å²) >= 11 is 3.53. The number of halogens is 1. The summed E-state index contributed by atoms with van der Waals surface area (Å²) in [6.45, 7) is 5.96. The van der Waals surface area contributed by atoms with Gasteiger partial charge in [-0.2, -0.15) is 4.98 Å². The van der Waals surface area contributed by atoms with E-state index >= 15 is 0 Å². The predicted molar refractivity (Wildman–Crippen MR) is 103 cm³/mol. The lowest BCUT2D eigenvalue weighted by atomic mass is 10.0. The number of piperidine rings is 1. The van der Waals surface area contributed by atoms with Crippen molar-refractivity contribution in [3.05, 3.63) is 40.0 Å². The highest BCUT2D eigenvalue weighted by atomic mass is 79.9. The van der Waals surface area contributed by atoms with Gasteiger partial charge in [-0.1, -0.05) is 15.9 Å². The van der Waals surface area contributed by atoms with Crippen molar-refractivity contribution >= 4 is 41.4 Å². The van der Waals surface area contributed by atoms with Crippen LogP contribution in [0.1, 0.15) is 24.0 Å². The molecule has 2 aromatic rings. The van der Waals surface area contributed by atoms with E-state index in [0.717, 1.165) is 41.9 Å². The summed E-state index contributed by atoms with van der Waals surface area (Å²) in [7, 11) is 5.80. The number of hydrogen-bond donors (Lipinski definition) is 2. The molecule has 1 aliphatic rings. The summed E-state index contributed by atoms with van der Waals surface area (Å²) in [5, 5.41) is 6.83. The Morgan fingerprint density at radius 3 is 2.54 bits per heavy atom. The summed E-state index contributed by atoms with van der Waals surface area (Å²) in [6, 6.07) is 6.44. The number of anilines is 3. The average molecular weight is 386 g/mol. The van der Waals surface area contributed by atoms with E-state index in [1.54, 1.807) is 6.20 Å². The number of rotatable bonds is 4. The van der Waals surface area contributed by atoms with Crippen LogP contribution in [0, 0.1) is 13.8 Å². The minimum atomic E-state index is 0.371. The smallest absolute Gasteiger partial charge is 0.224 e. The Bertz CT molecular complexity index is 693. The summed E-state index contributed by atoms with van der Waals surface area (Å²) in [5.41, 5.74) is 3.43.